The number of hydrogen-bond donors (Lipinski definition) is 1. The van der Waals surface area contributed by atoms with Gasteiger partial charge in [-0.25, -0.2) is 0 Å². The largest absolute Gasteiger partial charge is 0.313 e. The van der Waals surface area contributed by atoms with Crippen LogP contribution in [0.15, 0.2) is 6.07 Å². The fourth-order valence-corrected chi connectivity index (χ4v) is 2.55. The number of aromatic nitrogens is 4. The first-order valence-corrected chi connectivity index (χ1v) is 7.33. The maximum absolute atomic E-state index is 4.68. The van der Waals surface area contributed by atoms with Crippen molar-refractivity contribution in [3.05, 3.63) is 34.4 Å². The highest BCUT2D eigenvalue weighted by molar-refractivity contribution is 5.25. The van der Waals surface area contributed by atoms with Gasteiger partial charge in [-0.1, -0.05) is 6.92 Å². The van der Waals surface area contributed by atoms with Crippen LogP contribution in [0, 0.1) is 20.8 Å². The summed E-state index contributed by atoms with van der Waals surface area (Å²) in [4.78, 5) is 0. The van der Waals surface area contributed by atoms with Gasteiger partial charge < -0.3 is 5.32 Å². The zero-order chi connectivity index (χ0) is 14.7. The summed E-state index contributed by atoms with van der Waals surface area (Å²) < 4.78 is 4.14. The van der Waals surface area contributed by atoms with Crippen LogP contribution in [0.3, 0.4) is 0 Å². The van der Waals surface area contributed by atoms with Gasteiger partial charge in [0.2, 0.25) is 0 Å². The van der Waals surface area contributed by atoms with Gasteiger partial charge in [0.25, 0.3) is 0 Å². The Hall–Kier alpha value is -1.62. The monoisotopic (exact) mass is 275 g/mol. The Kier molecular flexibility index (Phi) is 4.60. The van der Waals surface area contributed by atoms with Crippen molar-refractivity contribution in [2.24, 2.45) is 0 Å². The Morgan fingerprint density at radius 2 is 1.85 bits per heavy atom. The van der Waals surface area contributed by atoms with Crippen molar-refractivity contribution in [2.75, 3.05) is 6.54 Å². The standard InChI is InChI=1S/C15H25N5/c1-6-16-9-15-12(4)18-20(13(15)5)10-14-8-11(3)17-19(14)7-2/h8,16H,6-7,9-10H2,1-5H3. The predicted molar refractivity (Wildman–Crippen MR) is 80.8 cm³/mol. The van der Waals surface area contributed by atoms with Crippen molar-refractivity contribution in [1.82, 2.24) is 24.9 Å². The minimum Gasteiger partial charge on any atom is -0.313 e. The van der Waals surface area contributed by atoms with Crippen LogP contribution in [0.4, 0.5) is 0 Å². The van der Waals surface area contributed by atoms with Crippen LogP contribution in [0.25, 0.3) is 0 Å². The normalized spacial score (nSPS) is 11.2. The summed E-state index contributed by atoms with van der Waals surface area (Å²) in [6.45, 7) is 14.1. The van der Waals surface area contributed by atoms with E-state index < -0.39 is 0 Å². The first-order valence-electron chi connectivity index (χ1n) is 7.33. The quantitative estimate of drug-likeness (QED) is 0.879. The lowest BCUT2D eigenvalue weighted by molar-refractivity contribution is 0.566. The Morgan fingerprint density at radius 1 is 1.10 bits per heavy atom. The van der Waals surface area contributed by atoms with Crippen LogP contribution in [-0.4, -0.2) is 26.1 Å². The van der Waals surface area contributed by atoms with E-state index in [0.29, 0.717) is 0 Å². The Balaban J connectivity index is 2.25. The molecule has 20 heavy (non-hydrogen) atoms. The number of rotatable bonds is 6. The number of hydrogen-bond acceptors (Lipinski definition) is 3. The minimum atomic E-state index is 0.785. The molecule has 2 heterocycles. The molecule has 0 aliphatic carbocycles. The van der Waals surface area contributed by atoms with Crippen molar-refractivity contribution in [3.63, 3.8) is 0 Å². The third-order valence-electron chi connectivity index (χ3n) is 3.68. The molecule has 2 aromatic rings. The summed E-state index contributed by atoms with van der Waals surface area (Å²) >= 11 is 0. The smallest absolute Gasteiger partial charge is 0.0831 e. The first kappa shape index (κ1) is 14.8. The Labute approximate surface area is 121 Å². The molecule has 5 heteroatoms. The van der Waals surface area contributed by atoms with Gasteiger partial charge in [-0.05, 0) is 40.3 Å². The average Bonchev–Trinajstić information content (AvgIpc) is 2.89. The van der Waals surface area contributed by atoms with E-state index in [0.717, 1.165) is 37.6 Å². The first-order chi connectivity index (χ1) is 9.56. The van der Waals surface area contributed by atoms with E-state index >= 15 is 0 Å². The molecule has 0 atom stereocenters. The van der Waals surface area contributed by atoms with Crippen molar-refractivity contribution < 1.29 is 0 Å². The summed E-state index contributed by atoms with van der Waals surface area (Å²) in [6.07, 6.45) is 0. The molecule has 0 aliphatic heterocycles. The summed E-state index contributed by atoms with van der Waals surface area (Å²) in [6, 6.07) is 2.14. The Bertz CT molecular complexity index is 579. The van der Waals surface area contributed by atoms with Crippen molar-refractivity contribution in [3.8, 4) is 0 Å². The van der Waals surface area contributed by atoms with Crippen molar-refractivity contribution in [2.45, 2.75) is 54.3 Å². The topological polar surface area (TPSA) is 47.7 Å². The van der Waals surface area contributed by atoms with E-state index in [1.54, 1.807) is 0 Å². The lowest BCUT2D eigenvalue weighted by atomic mass is 10.2. The van der Waals surface area contributed by atoms with E-state index in [4.69, 9.17) is 0 Å². The van der Waals surface area contributed by atoms with Crippen molar-refractivity contribution >= 4 is 0 Å². The Morgan fingerprint density at radius 3 is 2.50 bits per heavy atom. The van der Waals surface area contributed by atoms with Crippen LogP contribution in [0.5, 0.6) is 0 Å². The van der Waals surface area contributed by atoms with Crippen LogP contribution < -0.4 is 5.32 Å². The third-order valence-corrected chi connectivity index (χ3v) is 3.68. The van der Waals surface area contributed by atoms with Gasteiger partial charge in [0.15, 0.2) is 0 Å². The molecule has 2 aromatic heterocycles. The summed E-state index contributed by atoms with van der Waals surface area (Å²) in [5, 5.41) is 12.6. The van der Waals surface area contributed by atoms with Crippen molar-refractivity contribution in [1.29, 1.82) is 0 Å². The van der Waals surface area contributed by atoms with E-state index in [9.17, 15) is 0 Å². The summed E-state index contributed by atoms with van der Waals surface area (Å²) in [5.41, 5.74) is 5.95. The van der Waals surface area contributed by atoms with Crippen LogP contribution in [0.1, 0.15) is 42.2 Å². The zero-order valence-electron chi connectivity index (χ0n) is 13.2. The van der Waals surface area contributed by atoms with Gasteiger partial charge >= 0.3 is 0 Å². The highest BCUT2D eigenvalue weighted by atomic mass is 15.3. The molecule has 0 fully saturated rings. The molecule has 0 saturated heterocycles. The molecule has 0 aromatic carbocycles. The highest BCUT2D eigenvalue weighted by Gasteiger charge is 2.13. The molecular weight excluding hydrogens is 250 g/mol. The third kappa shape index (κ3) is 2.93. The molecule has 0 saturated carbocycles. The zero-order valence-corrected chi connectivity index (χ0v) is 13.2. The van der Waals surface area contributed by atoms with Gasteiger partial charge in [-0.2, -0.15) is 10.2 Å². The number of nitrogens with zero attached hydrogens (tertiary/aromatic N) is 4. The lowest BCUT2D eigenvalue weighted by Gasteiger charge is -2.07. The maximum Gasteiger partial charge on any atom is 0.0831 e. The van der Waals surface area contributed by atoms with Gasteiger partial charge in [0.1, 0.15) is 0 Å². The molecule has 2 rings (SSSR count). The number of nitrogens with one attached hydrogen (secondary N) is 1. The second-order valence-electron chi connectivity index (χ2n) is 5.18. The van der Waals surface area contributed by atoms with Gasteiger partial charge in [0, 0.05) is 24.3 Å². The van der Waals surface area contributed by atoms with Crippen LogP contribution in [0.2, 0.25) is 0 Å². The highest BCUT2D eigenvalue weighted by Crippen LogP contribution is 2.15. The summed E-state index contributed by atoms with van der Waals surface area (Å²) in [5.74, 6) is 0. The van der Waals surface area contributed by atoms with E-state index in [1.165, 1.54) is 17.0 Å². The minimum absolute atomic E-state index is 0.785. The fraction of sp³-hybridized carbons (Fsp3) is 0.600. The molecule has 0 spiro atoms. The second-order valence-corrected chi connectivity index (χ2v) is 5.18. The molecular formula is C15H25N5. The van der Waals surface area contributed by atoms with E-state index in [-0.39, 0.29) is 0 Å². The molecule has 1 N–H and O–H groups in total. The predicted octanol–water partition coefficient (Wildman–Crippen LogP) is 2.18. The van der Waals surface area contributed by atoms with Crippen LogP contribution >= 0.6 is 0 Å². The van der Waals surface area contributed by atoms with Gasteiger partial charge in [0.05, 0.1) is 23.6 Å². The summed E-state index contributed by atoms with van der Waals surface area (Å²) in [7, 11) is 0. The van der Waals surface area contributed by atoms with E-state index in [2.05, 4.69) is 58.6 Å². The molecule has 110 valence electrons. The molecule has 5 nitrogen and oxygen atoms in total. The molecule has 0 bridgehead atoms. The van der Waals surface area contributed by atoms with E-state index in [1.807, 2.05) is 6.92 Å². The lowest BCUT2D eigenvalue weighted by Crippen LogP contribution is -2.14. The SMILES string of the molecule is CCNCc1c(C)nn(Cc2cc(C)nn2CC)c1C. The average molecular weight is 275 g/mol. The second kappa shape index (κ2) is 6.22. The molecule has 0 amide bonds. The fourth-order valence-electron chi connectivity index (χ4n) is 2.55. The maximum atomic E-state index is 4.68. The van der Waals surface area contributed by atoms with Crippen LogP contribution in [-0.2, 0) is 19.6 Å². The van der Waals surface area contributed by atoms with Gasteiger partial charge in [-0.15, -0.1) is 0 Å². The molecule has 0 unspecified atom stereocenters. The number of aryl methyl sites for hydroxylation is 3. The van der Waals surface area contributed by atoms with Gasteiger partial charge in [-0.3, -0.25) is 9.36 Å². The molecule has 0 aliphatic rings. The molecule has 0 radical (unpaired) electrons.